The molecule has 0 atom stereocenters. The van der Waals surface area contributed by atoms with Gasteiger partial charge in [-0.1, -0.05) is 33.6 Å². The number of likely N-dealkylation sites (tertiary alicyclic amines) is 1. The highest BCUT2D eigenvalue weighted by Crippen LogP contribution is 2.26. The van der Waals surface area contributed by atoms with Crippen molar-refractivity contribution in [1.82, 2.24) is 4.90 Å². The summed E-state index contributed by atoms with van der Waals surface area (Å²) in [6.07, 6.45) is 7.15. The van der Waals surface area contributed by atoms with Crippen LogP contribution in [0.2, 0.25) is 0 Å². The Morgan fingerprint density at radius 3 is 2.07 bits per heavy atom. The lowest BCUT2D eigenvalue weighted by molar-refractivity contribution is 0.171. The minimum atomic E-state index is 0.994. The molecular weight excluding hydrogens is 170 g/mol. The van der Waals surface area contributed by atoms with Crippen LogP contribution in [0.3, 0.4) is 0 Å². The van der Waals surface area contributed by atoms with Crippen LogP contribution >= 0.6 is 0 Å². The zero-order valence-electron chi connectivity index (χ0n) is 10.3. The average molecular weight is 197 g/mol. The van der Waals surface area contributed by atoms with E-state index in [0.29, 0.717) is 0 Å². The van der Waals surface area contributed by atoms with Crippen LogP contribution in [-0.4, -0.2) is 24.5 Å². The summed E-state index contributed by atoms with van der Waals surface area (Å²) in [5.74, 6) is 2.02. The van der Waals surface area contributed by atoms with Gasteiger partial charge in [0.05, 0.1) is 0 Å². The van der Waals surface area contributed by atoms with Gasteiger partial charge in [-0.3, -0.25) is 0 Å². The first-order valence-corrected chi connectivity index (χ1v) is 6.52. The topological polar surface area (TPSA) is 3.24 Å². The van der Waals surface area contributed by atoms with Gasteiger partial charge in [0.2, 0.25) is 0 Å². The van der Waals surface area contributed by atoms with Gasteiger partial charge in [0, 0.05) is 0 Å². The van der Waals surface area contributed by atoms with Gasteiger partial charge in [-0.2, -0.15) is 0 Å². The fourth-order valence-corrected chi connectivity index (χ4v) is 2.63. The van der Waals surface area contributed by atoms with E-state index >= 15 is 0 Å². The Kier molecular flexibility index (Phi) is 5.54. The highest BCUT2D eigenvalue weighted by Gasteiger charge is 2.20. The summed E-state index contributed by atoms with van der Waals surface area (Å²) in [5, 5.41) is 0. The van der Waals surface area contributed by atoms with Gasteiger partial charge >= 0.3 is 0 Å². The molecule has 0 amide bonds. The summed E-state index contributed by atoms with van der Waals surface area (Å²) in [6.45, 7) is 10.9. The third kappa shape index (κ3) is 3.61. The van der Waals surface area contributed by atoms with Crippen molar-refractivity contribution < 1.29 is 0 Å². The molecule has 0 unspecified atom stereocenters. The third-order valence-electron chi connectivity index (χ3n) is 3.98. The summed E-state index contributed by atoms with van der Waals surface area (Å²) in [4.78, 5) is 2.59. The second-order valence-corrected chi connectivity index (χ2v) is 4.80. The van der Waals surface area contributed by atoms with Crippen molar-refractivity contribution in [3.05, 3.63) is 0 Å². The molecule has 0 radical (unpaired) electrons. The van der Waals surface area contributed by atoms with Crippen molar-refractivity contribution in [3.8, 4) is 0 Å². The maximum absolute atomic E-state index is 2.59. The van der Waals surface area contributed by atoms with Gasteiger partial charge < -0.3 is 4.90 Å². The summed E-state index contributed by atoms with van der Waals surface area (Å²) in [6, 6.07) is 0. The van der Waals surface area contributed by atoms with Crippen molar-refractivity contribution >= 4 is 0 Å². The molecule has 1 saturated heterocycles. The Labute approximate surface area is 89.9 Å². The fourth-order valence-electron chi connectivity index (χ4n) is 2.63. The SMILES string of the molecule is CCC(CC)CC1CCN(CC)CC1. The Balaban J connectivity index is 2.21. The van der Waals surface area contributed by atoms with Crippen LogP contribution in [-0.2, 0) is 0 Å². The molecule has 1 aliphatic rings. The van der Waals surface area contributed by atoms with E-state index in [1.165, 1.54) is 51.7 Å². The monoisotopic (exact) mass is 197 g/mol. The van der Waals surface area contributed by atoms with E-state index in [9.17, 15) is 0 Å². The minimum absolute atomic E-state index is 0.994. The second kappa shape index (κ2) is 6.44. The smallest absolute Gasteiger partial charge is 0.00162 e. The lowest BCUT2D eigenvalue weighted by Gasteiger charge is -2.32. The number of rotatable bonds is 5. The molecule has 84 valence electrons. The van der Waals surface area contributed by atoms with Crippen LogP contribution < -0.4 is 0 Å². The summed E-state index contributed by atoms with van der Waals surface area (Å²) in [5.41, 5.74) is 0. The van der Waals surface area contributed by atoms with Crippen molar-refractivity contribution in [2.75, 3.05) is 19.6 Å². The molecule has 1 fully saturated rings. The predicted octanol–water partition coefficient (Wildman–Crippen LogP) is 3.54. The average Bonchev–Trinajstić information content (AvgIpc) is 2.26. The van der Waals surface area contributed by atoms with Gasteiger partial charge in [-0.15, -0.1) is 0 Å². The zero-order valence-corrected chi connectivity index (χ0v) is 10.3. The first-order valence-electron chi connectivity index (χ1n) is 6.52. The molecule has 1 heteroatoms. The van der Waals surface area contributed by atoms with Gasteiger partial charge in [0.1, 0.15) is 0 Å². The normalized spacial score (nSPS) is 20.6. The lowest BCUT2D eigenvalue weighted by atomic mass is 9.85. The molecule has 1 heterocycles. The number of hydrogen-bond donors (Lipinski definition) is 0. The standard InChI is InChI=1S/C13H27N/c1-4-12(5-2)11-13-7-9-14(6-3)10-8-13/h12-13H,4-11H2,1-3H3. The molecule has 0 spiro atoms. The molecule has 1 rings (SSSR count). The van der Waals surface area contributed by atoms with Crippen LogP contribution in [0.15, 0.2) is 0 Å². The van der Waals surface area contributed by atoms with Crippen LogP contribution in [0.4, 0.5) is 0 Å². The Bertz CT molecular complexity index is 132. The fraction of sp³-hybridized carbons (Fsp3) is 1.00. The number of nitrogens with zero attached hydrogens (tertiary/aromatic N) is 1. The van der Waals surface area contributed by atoms with E-state index in [1.54, 1.807) is 0 Å². The van der Waals surface area contributed by atoms with E-state index in [1.807, 2.05) is 0 Å². The molecule has 0 aromatic heterocycles. The van der Waals surface area contributed by atoms with Crippen LogP contribution in [0.1, 0.15) is 52.9 Å². The molecule has 0 aromatic carbocycles. The van der Waals surface area contributed by atoms with E-state index in [0.717, 1.165) is 11.8 Å². The molecule has 0 saturated carbocycles. The number of hydrogen-bond acceptors (Lipinski definition) is 1. The van der Waals surface area contributed by atoms with Crippen LogP contribution in [0.25, 0.3) is 0 Å². The van der Waals surface area contributed by atoms with Gasteiger partial charge in [0.15, 0.2) is 0 Å². The maximum Gasteiger partial charge on any atom is -0.00162 e. The maximum atomic E-state index is 2.59. The van der Waals surface area contributed by atoms with Crippen LogP contribution in [0, 0.1) is 11.8 Å². The van der Waals surface area contributed by atoms with E-state index in [-0.39, 0.29) is 0 Å². The summed E-state index contributed by atoms with van der Waals surface area (Å²) >= 11 is 0. The predicted molar refractivity (Wildman–Crippen MR) is 63.5 cm³/mol. The molecule has 0 aromatic rings. The Hall–Kier alpha value is -0.0400. The van der Waals surface area contributed by atoms with Crippen molar-refractivity contribution in [3.63, 3.8) is 0 Å². The molecule has 1 nitrogen and oxygen atoms in total. The van der Waals surface area contributed by atoms with Gasteiger partial charge in [-0.05, 0) is 50.7 Å². The molecular formula is C13H27N. The molecule has 0 N–H and O–H groups in total. The highest BCUT2D eigenvalue weighted by molar-refractivity contribution is 4.73. The molecule has 14 heavy (non-hydrogen) atoms. The highest BCUT2D eigenvalue weighted by atomic mass is 15.1. The summed E-state index contributed by atoms with van der Waals surface area (Å²) in [7, 11) is 0. The molecule has 0 bridgehead atoms. The van der Waals surface area contributed by atoms with Crippen molar-refractivity contribution in [2.24, 2.45) is 11.8 Å². The van der Waals surface area contributed by atoms with E-state index < -0.39 is 0 Å². The zero-order chi connectivity index (χ0) is 10.4. The van der Waals surface area contributed by atoms with E-state index in [4.69, 9.17) is 0 Å². The molecule has 1 aliphatic heterocycles. The van der Waals surface area contributed by atoms with E-state index in [2.05, 4.69) is 25.7 Å². The van der Waals surface area contributed by atoms with Gasteiger partial charge in [-0.25, -0.2) is 0 Å². The van der Waals surface area contributed by atoms with Gasteiger partial charge in [0.25, 0.3) is 0 Å². The first-order chi connectivity index (χ1) is 6.80. The van der Waals surface area contributed by atoms with Crippen molar-refractivity contribution in [2.45, 2.75) is 52.9 Å². The third-order valence-corrected chi connectivity index (χ3v) is 3.98. The largest absolute Gasteiger partial charge is 0.304 e. The first kappa shape index (κ1) is 12.0. The quantitative estimate of drug-likeness (QED) is 0.651. The minimum Gasteiger partial charge on any atom is -0.304 e. The number of piperidine rings is 1. The lowest BCUT2D eigenvalue weighted by Crippen LogP contribution is -2.33. The van der Waals surface area contributed by atoms with Crippen molar-refractivity contribution in [1.29, 1.82) is 0 Å². The van der Waals surface area contributed by atoms with Crippen LogP contribution in [0.5, 0.6) is 0 Å². The summed E-state index contributed by atoms with van der Waals surface area (Å²) < 4.78 is 0. The molecule has 0 aliphatic carbocycles. The second-order valence-electron chi connectivity index (χ2n) is 4.80. The Morgan fingerprint density at radius 2 is 1.64 bits per heavy atom. The Morgan fingerprint density at radius 1 is 1.07 bits per heavy atom.